The number of phenols is 1. The highest BCUT2D eigenvalue weighted by molar-refractivity contribution is 5.40. The lowest BCUT2D eigenvalue weighted by molar-refractivity contribution is 0.456. The van der Waals surface area contributed by atoms with Gasteiger partial charge in [0.2, 0.25) is 0 Å². The van der Waals surface area contributed by atoms with Crippen molar-refractivity contribution in [2.75, 3.05) is 0 Å². The van der Waals surface area contributed by atoms with Gasteiger partial charge in [-0.2, -0.15) is 0 Å². The van der Waals surface area contributed by atoms with E-state index in [-0.39, 0.29) is 0 Å². The number of hydrogen-bond acceptors (Lipinski definition) is 1. The molecule has 0 aromatic heterocycles. The zero-order chi connectivity index (χ0) is 32.3. The van der Waals surface area contributed by atoms with E-state index in [4.69, 9.17) is 0 Å². The molecule has 0 heterocycles. The Kier molecular flexibility index (Phi) is 32.1. The average Bonchev–Trinajstić information content (AvgIpc) is 3.05. The van der Waals surface area contributed by atoms with E-state index in [9.17, 15) is 5.11 Å². The van der Waals surface area contributed by atoms with Crippen LogP contribution in [0, 0.1) is 0 Å². The maximum absolute atomic E-state index is 10.9. The summed E-state index contributed by atoms with van der Waals surface area (Å²) in [5.41, 5.74) is 2.36. The molecule has 0 bridgehead atoms. The summed E-state index contributed by atoms with van der Waals surface area (Å²) in [5, 5.41) is 10.9. The molecule has 1 aromatic rings. The minimum absolute atomic E-state index is 0.602. The molecule has 0 aliphatic heterocycles. The van der Waals surface area contributed by atoms with Gasteiger partial charge in [-0.05, 0) is 36.8 Å². The summed E-state index contributed by atoms with van der Waals surface area (Å²) in [6.45, 7) is 4.60. The zero-order valence-electron chi connectivity index (χ0n) is 31.1. The van der Waals surface area contributed by atoms with Crippen LogP contribution in [0.15, 0.2) is 18.2 Å². The van der Waals surface area contributed by atoms with E-state index in [1.54, 1.807) is 0 Å². The Hall–Kier alpha value is -0.980. The Morgan fingerprint density at radius 1 is 0.311 bits per heavy atom. The monoisotopic (exact) mass is 627 g/mol. The molecule has 0 amide bonds. The van der Waals surface area contributed by atoms with Crippen molar-refractivity contribution in [3.63, 3.8) is 0 Å². The molecule has 1 rings (SSSR count). The minimum Gasteiger partial charge on any atom is -0.507 e. The number of rotatable bonds is 36. The molecule has 264 valence electrons. The van der Waals surface area contributed by atoms with Gasteiger partial charge in [-0.1, -0.05) is 238 Å². The van der Waals surface area contributed by atoms with Crippen LogP contribution in [0.2, 0.25) is 0 Å². The number of aryl methyl sites for hydroxylation is 2. The Bertz CT molecular complexity index is 653. The first-order valence-corrected chi connectivity index (χ1v) is 21.1. The van der Waals surface area contributed by atoms with Crippen LogP contribution in [0.5, 0.6) is 5.75 Å². The molecule has 1 aromatic carbocycles. The van der Waals surface area contributed by atoms with E-state index in [1.165, 1.54) is 229 Å². The van der Waals surface area contributed by atoms with E-state index in [0.29, 0.717) is 5.75 Å². The van der Waals surface area contributed by atoms with Crippen LogP contribution < -0.4 is 0 Å². The molecule has 0 saturated heterocycles. The molecule has 0 aliphatic carbocycles. The predicted molar refractivity (Wildman–Crippen MR) is 204 cm³/mol. The summed E-state index contributed by atoms with van der Waals surface area (Å²) in [6, 6.07) is 6.48. The molecule has 0 aliphatic rings. The topological polar surface area (TPSA) is 20.2 Å². The van der Waals surface area contributed by atoms with Gasteiger partial charge < -0.3 is 5.11 Å². The molecule has 1 N–H and O–H groups in total. The van der Waals surface area contributed by atoms with Gasteiger partial charge in [0.05, 0.1) is 0 Å². The third kappa shape index (κ3) is 27.8. The smallest absolute Gasteiger partial charge is 0.121 e. The number of para-hydroxylation sites is 1. The van der Waals surface area contributed by atoms with E-state index >= 15 is 0 Å². The Morgan fingerprint density at radius 2 is 0.511 bits per heavy atom. The van der Waals surface area contributed by atoms with Gasteiger partial charge in [-0.25, -0.2) is 0 Å². The zero-order valence-corrected chi connectivity index (χ0v) is 31.1. The van der Waals surface area contributed by atoms with Gasteiger partial charge in [0.1, 0.15) is 5.75 Å². The fourth-order valence-corrected chi connectivity index (χ4v) is 7.13. The van der Waals surface area contributed by atoms with Crippen molar-refractivity contribution in [2.45, 2.75) is 245 Å². The minimum atomic E-state index is 0.602. The van der Waals surface area contributed by atoms with E-state index < -0.39 is 0 Å². The average molecular weight is 627 g/mol. The van der Waals surface area contributed by atoms with E-state index in [2.05, 4.69) is 32.0 Å². The van der Waals surface area contributed by atoms with Crippen molar-refractivity contribution in [1.82, 2.24) is 0 Å². The van der Waals surface area contributed by atoms with Crippen molar-refractivity contribution in [3.05, 3.63) is 29.3 Å². The Labute approximate surface area is 284 Å². The third-order valence-electron chi connectivity index (χ3n) is 10.3. The molecule has 1 nitrogen and oxygen atoms in total. The van der Waals surface area contributed by atoms with Crippen LogP contribution in [0.1, 0.15) is 243 Å². The predicted octanol–water partition coefficient (Wildman–Crippen LogP) is 15.8. The summed E-state index contributed by atoms with van der Waals surface area (Å²) in [4.78, 5) is 0. The molecule has 0 radical (unpaired) electrons. The van der Waals surface area contributed by atoms with Gasteiger partial charge in [0, 0.05) is 0 Å². The highest BCUT2D eigenvalue weighted by Crippen LogP contribution is 2.26. The second-order valence-corrected chi connectivity index (χ2v) is 14.7. The molecule has 1 heteroatoms. The number of benzene rings is 1. The fraction of sp³-hybridized carbons (Fsp3) is 0.864. The SMILES string of the molecule is CCCCCCCCCCCCCCCCCCCc1cccc(CCCCCCCCCCCCCCCCCCC)c1O. The molecular weight excluding hydrogens is 544 g/mol. The molecule has 0 unspecified atom stereocenters. The lowest BCUT2D eigenvalue weighted by atomic mass is 9.98. The first-order valence-electron chi connectivity index (χ1n) is 21.1. The van der Waals surface area contributed by atoms with Crippen LogP contribution in [-0.4, -0.2) is 5.11 Å². The Morgan fingerprint density at radius 3 is 0.733 bits per heavy atom. The van der Waals surface area contributed by atoms with Crippen molar-refractivity contribution in [2.24, 2.45) is 0 Å². The van der Waals surface area contributed by atoms with Gasteiger partial charge in [0.15, 0.2) is 0 Å². The second kappa shape index (κ2) is 34.4. The van der Waals surface area contributed by atoms with Gasteiger partial charge in [0.25, 0.3) is 0 Å². The van der Waals surface area contributed by atoms with Crippen LogP contribution in [0.4, 0.5) is 0 Å². The Balaban J connectivity index is 1.90. The number of hydrogen-bond donors (Lipinski definition) is 1. The maximum atomic E-state index is 10.9. The van der Waals surface area contributed by atoms with Crippen LogP contribution >= 0.6 is 0 Å². The third-order valence-corrected chi connectivity index (χ3v) is 10.3. The highest BCUT2D eigenvalue weighted by Gasteiger charge is 2.07. The van der Waals surface area contributed by atoms with Crippen molar-refractivity contribution in [3.8, 4) is 5.75 Å². The lowest BCUT2D eigenvalue weighted by Crippen LogP contribution is -1.93. The van der Waals surface area contributed by atoms with E-state index in [0.717, 1.165) is 12.8 Å². The summed E-state index contributed by atoms with van der Waals surface area (Å²) < 4.78 is 0. The number of phenolic OH excluding ortho intramolecular Hbond substituents is 1. The summed E-state index contributed by atoms with van der Waals surface area (Å²) >= 11 is 0. The molecule has 0 spiro atoms. The first-order chi connectivity index (χ1) is 22.3. The summed E-state index contributed by atoms with van der Waals surface area (Å²) in [5.74, 6) is 0.602. The normalized spacial score (nSPS) is 11.5. The van der Waals surface area contributed by atoms with Crippen molar-refractivity contribution < 1.29 is 5.11 Å². The second-order valence-electron chi connectivity index (χ2n) is 14.7. The fourth-order valence-electron chi connectivity index (χ4n) is 7.13. The molecule has 0 atom stereocenters. The van der Waals surface area contributed by atoms with Gasteiger partial charge in [-0.3, -0.25) is 0 Å². The molecule has 0 saturated carbocycles. The first kappa shape index (κ1) is 42.0. The molecule has 45 heavy (non-hydrogen) atoms. The number of aromatic hydroxyl groups is 1. The summed E-state index contributed by atoms with van der Waals surface area (Å²) in [6.07, 6.45) is 50.1. The van der Waals surface area contributed by atoms with E-state index in [1.807, 2.05) is 0 Å². The number of unbranched alkanes of at least 4 members (excludes halogenated alkanes) is 32. The van der Waals surface area contributed by atoms with Crippen LogP contribution in [0.3, 0.4) is 0 Å². The largest absolute Gasteiger partial charge is 0.507 e. The highest BCUT2D eigenvalue weighted by atomic mass is 16.3. The van der Waals surface area contributed by atoms with Crippen molar-refractivity contribution >= 4 is 0 Å². The quantitative estimate of drug-likeness (QED) is 0.0735. The van der Waals surface area contributed by atoms with Crippen molar-refractivity contribution in [1.29, 1.82) is 0 Å². The lowest BCUT2D eigenvalue weighted by Gasteiger charge is -2.10. The summed E-state index contributed by atoms with van der Waals surface area (Å²) in [7, 11) is 0. The standard InChI is InChI=1S/C44H82O/c1-3-5-7-9-11-13-15-17-19-21-23-25-27-29-31-33-35-38-42-40-37-41-43(44(42)45)39-36-34-32-30-28-26-24-22-20-18-16-14-12-10-8-6-4-2/h37,40-41,45H,3-36,38-39H2,1-2H3. The molecular formula is C44H82O. The van der Waals surface area contributed by atoms with Crippen LogP contribution in [-0.2, 0) is 12.8 Å². The van der Waals surface area contributed by atoms with Gasteiger partial charge in [-0.15, -0.1) is 0 Å². The molecule has 0 fully saturated rings. The maximum Gasteiger partial charge on any atom is 0.121 e. The van der Waals surface area contributed by atoms with Gasteiger partial charge >= 0.3 is 0 Å². The van der Waals surface area contributed by atoms with Crippen LogP contribution in [0.25, 0.3) is 0 Å².